The zero-order valence-corrected chi connectivity index (χ0v) is 9.86. The molecule has 2 heterocycles. The third-order valence-electron chi connectivity index (χ3n) is 2.55. The monoisotopic (exact) mass is 247 g/mol. The third kappa shape index (κ3) is 1.64. The van der Waals surface area contributed by atoms with Crippen molar-refractivity contribution in [1.82, 2.24) is 19.7 Å². The average Bonchev–Trinajstić information content (AvgIpc) is 2.83. The fourth-order valence-corrected chi connectivity index (χ4v) is 1.80. The van der Waals surface area contributed by atoms with Crippen LogP contribution in [0.2, 0.25) is 5.02 Å². The Morgan fingerprint density at radius 3 is 2.94 bits per heavy atom. The van der Waals surface area contributed by atoms with E-state index in [1.165, 1.54) is 0 Å². The first-order valence-corrected chi connectivity index (χ1v) is 5.48. The number of aromatic amines is 1. The van der Waals surface area contributed by atoms with Gasteiger partial charge in [0.25, 0.3) is 0 Å². The van der Waals surface area contributed by atoms with Gasteiger partial charge in [-0.15, -0.1) is 0 Å². The van der Waals surface area contributed by atoms with Gasteiger partial charge in [-0.05, 0) is 25.1 Å². The molecule has 0 unspecified atom stereocenters. The summed E-state index contributed by atoms with van der Waals surface area (Å²) in [5.74, 6) is 0.626. The van der Waals surface area contributed by atoms with Gasteiger partial charge in [-0.3, -0.25) is 0 Å². The smallest absolute Gasteiger partial charge is 0.229 e. The number of H-pyrrole nitrogens is 1. The van der Waals surface area contributed by atoms with Crippen molar-refractivity contribution in [3.8, 4) is 5.95 Å². The number of aromatic nitrogens is 4. The molecule has 0 saturated carbocycles. The molecule has 0 bridgehead atoms. The number of nitrogen functional groups attached to an aromatic ring is 1. The van der Waals surface area contributed by atoms with Crippen molar-refractivity contribution in [1.29, 1.82) is 0 Å². The lowest BCUT2D eigenvalue weighted by molar-refractivity contribution is 0.816. The van der Waals surface area contributed by atoms with Crippen molar-refractivity contribution in [2.75, 3.05) is 5.73 Å². The summed E-state index contributed by atoms with van der Waals surface area (Å²) in [4.78, 5) is 7.55. The van der Waals surface area contributed by atoms with E-state index in [1.807, 2.05) is 25.1 Å². The van der Waals surface area contributed by atoms with Crippen LogP contribution in [-0.4, -0.2) is 19.7 Å². The van der Waals surface area contributed by atoms with Crippen molar-refractivity contribution in [3.05, 3.63) is 35.1 Å². The Bertz CT molecular complexity index is 678. The third-order valence-corrected chi connectivity index (χ3v) is 2.92. The normalized spacial score (nSPS) is 11.2. The number of nitrogens with one attached hydrogen (secondary N) is 1. The molecule has 3 rings (SSSR count). The highest BCUT2D eigenvalue weighted by atomic mass is 35.5. The molecule has 0 fully saturated rings. The van der Waals surface area contributed by atoms with Gasteiger partial charge < -0.3 is 10.7 Å². The maximum absolute atomic E-state index is 5.96. The summed E-state index contributed by atoms with van der Waals surface area (Å²) in [6, 6.07) is 5.51. The second-order valence-electron chi connectivity index (χ2n) is 3.84. The number of halogens is 1. The number of anilines is 1. The van der Waals surface area contributed by atoms with Gasteiger partial charge in [-0.25, -0.2) is 9.67 Å². The molecule has 0 spiro atoms. The number of nitrogens with zero attached hydrogens (tertiary/aromatic N) is 3. The molecule has 6 heteroatoms. The summed E-state index contributed by atoms with van der Waals surface area (Å²) in [5.41, 5.74) is 8.90. The Kier molecular flexibility index (Phi) is 2.09. The molecule has 2 aromatic heterocycles. The van der Waals surface area contributed by atoms with Gasteiger partial charge in [0, 0.05) is 5.69 Å². The highest BCUT2D eigenvalue weighted by molar-refractivity contribution is 6.31. The molecule has 1 aromatic carbocycles. The van der Waals surface area contributed by atoms with E-state index in [0.29, 0.717) is 16.7 Å². The van der Waals surface area contributed by atoms with Crippen LogP contribution in [0.15, 0.2) is 24.4 Å². The number of hydrogen-bond acceptors (Lipinski definition) is 3. The Labute approximate surface area is 102 Å². The number of nitrogens with two attached hydrogens (primary N) is 1. The van der Waals surface area contributed by atoms with Gasteiger partial charge in [-0.2, -0.15) is 5.10 Å². The molecule has 3 N–H and O–H groups in total. The molecule has 0 aliphatic rings. The molecule has 3 aromatic rings. The minimum absolute atomic E-state index is 0.616. The van der Waals surface area contributed by atoms with Crippen LogP contribution in [0.1, 0.15) is 5.69 Å². The first-order valence-electron chi connectivity index (χ1n) is 5.11. The fourth-order valence-electron chi connectivity index (χ4n) is 1.67. The molecule has 17 heavy (non-hydrogen) atoms. The van der Waals surface area contributed by atoms with Crippen LogP contribution in [0.5, 0.6) is 0 Å². The molecule has 0 saturated heterocycles. The lowest BCUT2D eigenvalue weighted by atomic mass is 10.3. The molecular weight excluding hydrogens is 238 g/mol. The van der Waals surface area contributed by atoms with E-state index in [0.717, 1.165) is 16.7 Å². The molecule has 0 aliphatic heterocycles. The number of fused-ring (bicyclic) bond motifs is 1. The van der Waals surface area contributed by atoms with Crippen molar-refractivity contribution in [2.45, 2.75) is 6.92 Å². The second kappa shape index (κ2) is 3.49. The Morgan fingerprint density at radius 2 is 2.24 bits per heavy atom. The molecule has 0 aliphatic carbocycles. The maximum Gasteiger partial charge on any atom is 0.229 e. The second-order valence-corrected chi connectivity index (χ2v) is 4.25. The van der Waals surface area contributed by atoms with Crippen LogP contribution in [-0.2, 0) is 0 Å². The summed E-state index contributed by atoms with van der Waals surface area (Å²) in [5, 5.41) is 4.87. The summed E-state index contributed by atoms with van der Waals surface area (Å²) >= 11 is 5.96. The molecule has 86 valence electrons. The van der Waals surface area contributed by atoms with Gasteiger partial charge in [0.2, 0.25) is 5.95 Å². The topological polar surface area (TPSA) is 72.5 Å². The Balaban J connectivity index is 2.17. The first kappa shape index (κ1) is 10.2. The van der Waals surface area contributed by atoms with E-state index >= 15 is 0 Å². The minimum atomic E-state index is 0.616. The van der Waals surface area contributed by atoms with Gasteiger partial charge >= 0.3 is 0 Å². The number of hydrogen-bond donors (Lipinski definition) is 2. The Morgan fingerprint density at radius 1 is 1.41 bits per heavy atom. The quantitative estimate of drug-likeness (QED) is 0.648. The van der Waals surface area contributed by atoms with Crippen molar-refractivity contribution >= 4 is 28.3 Å². The van der Waals surface area contributed by atoms with Crippen molar-refractivity contribution < 1.29 is 0 Å². The maximum atomic E-state index is 5.96. The van der Waals surface area contributed by atoms with E-state index in [-0.39, 0.29) is 0 Å². The zero-order valence-electron chi connectivity index (χ0n) is 9.11. The van der Waals surface area contributed by atoms with Crippen LogP contribution in [0, 0.1) is 6.92 Å². The van der Waals surface area contributed by atoms with Gasteiger partial charge in [-0.1, -0.05) is 11.6 Å². The zero-order chi connectivity index (χ0) is 12.0. The van der Waals surface area contributed by atoms with Crippen molar-refractivity contribution in [3.63, 3.8) is 0 Å². The van der Waals surface area contributed by atoms with Crippen LogP contribution in [0.3, 0.4) is 0 Å². The van der Waals surface area contributed by atoms with Crippen molar-refractivity contribution in [2.24, 2.45) is 0 Å². The van der Waals surface area contributed by atoms with Gasteiger partial charge in [0.05, 0.1) is 27.9 Å². The predicted molar refractivity (Wildman–Crippen MR) is 67.4 cm³/mol. The largest absolute Gasteiger partial charge is 0.399 e. The Hall–Kier alpha value is -2.01. The standard InChI is InChI=1S/C11H10ClN5/c1-6-8(12)5-17(16-6)11-14-9-3-2-7(13)4-10(9)15-11/h2-5H,13H2,1H3,(H,14,15). The highest BCUT2D eigenvalue weighted by Gasteiger charge is 2.08. The highest BCUT2D eigenvalue weighted by Crippen LogP contribution is 2.19. The lowest BCUT2D eigenvalue weighted by Crippen LogP contribution is -1.96. The van der Waals surface area contributed by atoms with E-state index in [1.54, 1.807) is 10.9 Å². The molecule has 5 nitrogen and oxygen atoms in total. The fraction of sp³-hybridized carbons (Fsp3) is 0.0909. The minimum Gasteiger partial charge on any atom is -0.399 e. The summed E-state index contributed by atoms with van der Waals surface area (Å²) in [6.07, 6.45) is 1.72. The first-order chi connectivity index (χ1) is 8.13. The molecule has 0 radical (unpaired) electrons. The molecule has 0 amide bonds. The summed E-state index contributed by atoms with van der Waals surface area (Å²) in [6.45, 7) is 1.85. The van der Waals surface area contributed by atoms with E-state index in [4.69, 9.17) is 17.3 Å². The predicted octanol–water partition coefficient (Wildman–Crippen LogP) is 2.29. The van der Waals surface area contributed by atoms with Gasteiger partial charge in [0.15, 0.2) is 0 Å². The number of aryl methyl sites for hydroxylation is 1. The van der Waals surface area contributed by atoms with Crippen LogP contribution < -0.4 is 5.73 Å². The molecular formula is C11H10ClN5. The SMILES string of the molecule is Cc1nn(-c2nc3ccc(N)cc3[nH]2)cc1Cl. The number of imidazole rings is 1. The van der Waals surface area contributed by atoms with E-state index in [2.05, 4.69) is 15.1 Å². The van der Waals surface area contributed by atoms with Crippen LogP contribution >= 0.6 is 11.6 Å². The van der Waals surface area contributed by atoms with E-state index < -0.39 is 0 Å². The lowest BCUT2D eigenvalue weighted by Gasteiger charge is -1.92. The average molecular weight is 248 g/mol. The number of rotatable bonds is 1. The van der Waals surface area contributed by atoms with E-state index in [9.17, 15) is 0 Å². The van der Waals surface area contributed by atoms with Crippen LogP contribution in [0.25, 0.3) is 17.0 Å². The summed E-state index contributed by atoms with van der Waals surface area (Å²) in [7, 11) is 0. The van der Waals surface area contributed by atoms with Crippen LogP contribution in [0.4, 0.5) is 5.69 Å². The molecule has 0 atom stereocenters. The summed E-state index contributed by atoms with van der Waals surface area (Å²) < 4.78 is 1.62. The number of benzene rings is 1. The van der Waals surface area contributed by atoms with Gasteiger partial charge in [0.1, 0.15) is 0 Å².